The topological polar surface area (TPSA) is 105 Å². The summed E-state index contributed by atoms with van der Waals surface area (Å²) in [4.78, 5) is 30.5. The number of fused-ring (bicyclic) bond motifs is 1. The van der Waals surface area contributed by atoms with E-state index in [-0.39, 0.29) is 42.8 Å². The van der Waals surface area contributed by atoms with Crippen LogP contribution in [0.2, 0.25) is 0 Å². The molecule has 1 aromatic carbocycles. The van der Waals surface area contributed by atoms with Gasteiger partial charge in [0.1, 0.15) is 5.56 Å². The van der Waals surface area contributed by atoms with E-state index < -0.39 is 10.0 Å². The predicted octanol–water partition coefficient (Wildman–Crippen LogP) is 1.39. The number of carbonyl (C=O) groups excluding carboxylic acids is 2. The van der Waals surface area contributed by atoms with Crippen molar-refractivity contribution in [3.05, 3.63) is 59.5 Å². The third kappa shape index (κ3) is 3.48. The first-order chi connectivity index (χ1) is 14.3. The van der Waals surface area contributed by atoms with Gasteiger partial charge in [0.25, 0.3) is 5.91 Å². The van der Waals surface area contributed by atoms with Crippen LogP contribution in [0.25, 0.3) is 5.65 Å². The van der Waals surface area contributed by atoms with E-state index in [0.29, 0.717) is 22.5 Å². The number of Topliss-reactive ketones (excluding diaryl/α,β-unsaturated/α-hetero) is 1. The molecule has 1 amide bonds. The molecule has 9 nitrogen and oxygen atoms in total. The maximum Gasteiger partial charge on any atom is 0.259 e. The average molecular weight is 427 g/mol. The summed E-state index contributed by atoms with van der Waals surface area (Å²) in [6.45, 7) is 4.11. The van der Waals surface area contributed by atoms with Gasteiger partial charge in [-0.25, -0.2) is 17.9 Å². The monoisotopic (exact) mass is 427 g/mol. The number of benzene rings is 1. The molecule has 2 aromatic heterocycles. The Morgan fingerprint density at radius 3 is 2.33 bits per heavy atom. The molecule has 0 N–H and O–H groups in total. The number of nitrogens with zero attached hydrogens (tertiary/aromatic N) is 5. The Balaban J connectivity index is 1.50. The van der Waals surface area contributed by atoms with Crippen LogP contribution >= 0.6 is 0 Å². The summed E-state index contributed by atoms with van der Waals surface area (Å²) >= 11 is 0. The normalized spacial score (nSPS) is 15.5. The van der Waals surface area contributed by atoms with Crippen molar-refractivity contribution >= 4 is 27.4 Å². The highest BCUT2D eigenvalue weighted by molar-refractivity contribution is 7.89. The number of amides is 1. The number of carbonyl (C=O) groups is 2. The summed E-state index contributed by atoms with van der Waals surface area (Å²) in [7, 11) is -3.69. The van der Waals surface area contributed by atoms with E-state index in [9.17, 15) is 18.0 Å². The number of hydrogen-bond donors (Lipinski definition) is 0. The molecule has 3 aromatic rings. The molecule has 30 heavy (non-hydrogen) atoms. The standard InChI is InChI=1S/C20H21N5O4S/c1-14-18(19-21-8-3-9-25(19)22-14)20(27)23-10-12-24(13-11-23)30(28,29)17-6-4-16(5-7-17)15(2)26/h3-9H,10-13H2,1-2H3. The van der Waals surface area contributed by atoms with Gasteiger partial charge in [0, 0.05) is 44.1 Å². The minimum absolute atomic E-state index is 0.122. The van der Waals surface area contributed by atoms with Crippen molar-refractivity contribution in [1.29, 1.82) is 0 Å². The zero-order chi connectivity index (χ0) is 21.5. The second-order valence-electron chi connectivity index (χ2n) is 7.13. The van der Waals surface area contributed by atoms with Crippen molar-refractivity contribution in [2.24, 2.45) is 0 Å². The van der Waals surface area contributed by atoms with Crippen molar-refractivity contribution in [3.63, 3.8) is 0 Å². The van der Waals surface area contributed by atoms with Crippen LogP contribution in [0, 0.1) is 6.92 Å². The molecule has 0 saturated carbocycles. The van der Waals surface area contributed by atoms with Crippen LogP contribution < -0.4 is 0 Å². The Hall–Kier alpha value is -3.11. The zero-order valence-electron chi connectivity index (χ0n) is 16.6. The fraction of sp³-hybridized carbons (Fsp3) is 0.300. The lowest BCUT2D eigenvalue weighted by molar-refractivity contribution is 0.0698. The van der Waals surface area contributed by atoms with E-state index in [4.69, 9.17) is 0 Å². The summed E-state index contributed by atoms with van der Waals surface area (Å²) in [5, 5.41) is 4.32. The maximum atomic E-state index is 13.1. The average Bonchev–Trinajstić information content (AvgIpc) is 3.09. The van der Waals surface area contributed by atoms with Gasteiger partial charge in [-0.3, -0.25) is 9.59 Å². The van der Waals surface area contributed by atoms with E-state index in [0.717, 1.165) is 0 Å². The van der Waals surface area contributed by atoms with Crippen LogP contribution in [0.3, 0.4) is 0 Å². The van der Waals surface area contributed by atoms with Crippen molar-refractivity contribution in [2.45, 2.75) is 18.7 Å². The smallest absolute Gasteiger partial charge is 0.259 e. The highest BCUT2D eigenvalue weighted by Crippen LogP contribution is 2.21. The van der Waals surface area contributed by atoms with Crippen molar-refractivity contribution < 1.29 is 18.0 Å². The molecule has 1 aliphatic rings. The van der Waals surface area contributed by atoms with Gasteiger partial charge in [0.05, 0.1) is 10.6 Å². The number of hydrogen-bond acceptors (Lipinski definition) is 6. The minimum atomic E-state index is -3.69. The molecule has 156 valence electrons. The molecule has 1 saturated heterocycles. The molecule has 0 bridgehead atoms. The summed E-state index contributed by atoms with van der Waals surface area (Å²) in [6.07, 6.45) is 3.34. The molecule has 0 aliphatic carbocycles. The van der Waals surface area contributed by atoms with Crippen LogP contribution in [-0.2, 0) is 10.0 Å². The predicted molar refractivity (Wildman–Crippen MR) is 109 cm³/mol. The van der Waals surface area contributed by atoms with E-state index >= 15 is 0 Å². The third-order valence-corrected chi connectivity index (χ3v) is 7.12. The Bertz CT molecular complexity index is 1230. The van der Waals surface area contributed by atoms with Crippen molar-refractivity contribution in [1.82, 2.24) is 23.8 Å². The molecule has 1 aliphatic heterocycles. The Labute approximate surface area is 174 Å². The van der Waals surface area contributed by atoms with Crippen molar-refractivity contribution in [2.75, 3.05) is 26.2 Å². The fourth-order valence-corrected chi connectivity index (χ4v) is 4.97. The lowest BCUT2D eigenvalue weighted by Crippen LogP contribution is -2.50. The largest absolute Gasteiger partial charge is 0.336 e. The summed E-state index contributed by atoms with van der Waals surface area (Å²) < 4.78 is 28.8. The van der Waals surface area contributed by atoms with Gasteiger partial charge in [0.15, 0.2) is 11.4 Å². The molecular formula is C20H21N5O4S. The fourth-order valence-electron chi connectivity index (χ4n) is 3.55. The quantitative estimate of drug-likeness (QED) is 0.583. The molecule has 0 unspecified atom stereocenters. The van der Waals surface area contributed by atoms with E-state index in [1.807, 2.05) is 0 Å². The lowest BCUT2D eigenvalue weighted by Gasteiger charge is -2.34. The molecule has 3 heterocycles. The molecule has 10 heteroatoms. The lowest BCUT2D eigenvalue weighted by atomic mass is 10.2. The second-order valence-corrected chi connectivity index (χ2v) is 9.06. The number of sulfonamides is 1. The second kappa shape index (κ2) is 7.62. The van der Waals surface area contributed by atoms with Gasteiger partial charge in [-0.05, 0) is 32.0 Å². The number of piperazine rings is 1. The van der Waals surface area contributed by atoms with Crippen LogP contribution in [0.1, 0.15) is 33.3 Å². The van der Waals surface area contributed by atoms with E-state index in [2.05, 4.69) is 10.1 Å². The molecule has 1 fully saturated rings. The SMILES string of the molecule is CC(=O)c1ccc(S(=O)(=O)N2CCN(C(=O)c3c(C)nn4cccnc34)CC2)cc1. The third-order valence-electron chi connectivity index (χ3n) is 5.21. The first-order valence-electron chi connectivity index (χ1n) is 9.49. The van der Waals surface area contributed by atoms with Crippen LogP contribution in [0.5, 0.6) is 0 Å². The maximum absolute atomic E-state index is 13.1. The van der Waals surface area contributed by atoms with Crippen LogP contribution in [0.15, 0.2) is 47.6 Å². The Morgan fingerprint density at radius 1 is 1.03 bits per heavy atom. The Morgan fingerprint density at radius 2 is 1.70 bits per heavy atom. The minimum Gasteiger partial charge on any atom is -0.336 e. The van der Waals surface area contributed by atoms with Gasteiger partial charge in [-0.1, -0.05) is 12.1 Å². The molecule has 0 atom stereocenters. The van der Waals surface area contributed by atoms with Gasteiger partial charge in [-0.15, -0.1) is 0 Å². The van der Waals surface area contributed by atoms with Gasteiger partial charge in [-0.2, -0.15) is 9.40 Å². The van der Waals surface area contributed by atoms with Crippen LogP contribution in [0.4, 0.5) is 0 Å². The molecule has 0 radical (unpaired) electrons. The highest BCUT2D eigenvalue weighted by atomic mass is 32.2. The highest BCUT2D eigenvalue weighted by Gasteiger charge is 2.32. The number of rotatable bonds is 4. The first-order valence-corrected chi connectivity index (χ1v) is 10.9. The molecular weight excluding hydrogens is 406 g/mol. The summed E-state index contributed by atoms with van der Waals surface area (Å²) in [6, 6.07) is 7.64. The zero-order valence-corrected chi connectivity index (χ0v) is 17.5. The van der Waals surface area contributed by atoms with E-state index in [1.165, 1.54) is 35.5 Å². The van der Waals surface area contributed by atoms with Gasteiger partial charge >= 0.3 is 0 Å². The van der Waals surface area contributed by atoms with Gasteiger partial charge < -0.3 is 4.90 Å². The van der Waals surface area contributed by atoms with Crippen LogP contribution in [-0.4, -0.2) is 70.1 Å². The Kier molecular flexibility index (Phi) is 5.12. The first kappa shape index (κ1) is 20.2. The summed E-state index contributed by atoms with van der Waals surface area (Å²) in [5.41, 5.74) is 1.97. The number of ketones is 1. The number of aromatic nitrogens is 3. The van der Waals surface area contributed by atoms with Gasteiger partial charge in [0.2, 0.25) is 10.0 Å². The molecule has 4 rings (SSSR count). The molecule has 0 spiro atoms. The number of aryl methyl sites for hydroxylation is 1. The van der Waals surface area contributed by atoms with E-state index in [1.54, 1.807) is 34.8 Å². The summed E-state index contributed by atoms with van der Waals surface area (Å²) in [5.74, 6) is -0.326. The van der Waals surface area contributed by atoms with Crippen molar-refractivity contribution in [3.8, 4) is 0 Å².